The Morgan fingerprint density at radius 3 is 2.48 bits per heavy atom. The van der Waals surface area contributed by atoms with Gasteiger partial charge in [0.15, 0.2) is 0 Å². The summed E-state index contributed by atoms with van der Waals surface area (Å²) in [6.07, 6.45) is 4.16. The fraction of sp³-hybridized carbons (Fsp3) is 0.588. The highest BCUT2D eigenvalue weighted by molar-refractivity contribution is 14.1. The zero-order valence-electron chi connectivity index (χ0n) is 13.2. The molecule has 6 heteroatoms. The topological polar surface area (TPSA) is 23.6 Å². The highest BCUT2D eigenvalue weighted by atomic mass is 127. The van der Waals surface area contributed by atoms with Gasteiger partial charge in [0.2, 0.25) is 0 Å². The molecule has 1 aromatic carbocycles. The molecular formula is C17H21F2IN2O. The Morgan fingerprint density at radius 2 is 1.87 bits per heavy atom. The molecule has 2 atom stereocenters. The van der Waals surface area contributed by atoms with Crippen molar-refractivity contribution in [1.29, 1.82) is 0 Å². The van der Waals surface area contributed by atoms with Gasteiger partial charge < -0.3 is 4.90 Å². The Labute approximate surface area is 149 Å². The van der Waals surface area contributed by atoms with E-state index in [1.807, 2.05) is 22.6 Å². The van der Waals surface area contributed by atoms with Crippen molar-refractivity contribution in [2.45, 2.75) is 44.7 Å². The molecular weight excluding hydrogens is 413 g/mol. The lowest BCUT2D eigenvalue weighted by Crippen LogP contribution is -2.44. The monoisotopic (exact) mass is 434 g/mol. The number of nitrogens with zero attached hydrogens (tertiary/aromatic N) is 2. The molecule has 0 saturated carbocycles. The highest BCUT2D eigenvalue weighted by Gasteiger charge is 2.35. The van der Waals surface area contributed by atoms with Gasteiger partial charge in [0, 0.05) is 28.7 Å². The van der Waals surface area contributed by atoms with E-state index in [4.69, 9.17) is 0 Å². The Kier molecular flexibility index (Phi) is 5.20. The normalized spacial score (nSPS) is 25.3. The molecule has 0 spiro atoms. The van der Waals surface area contributed by atoms with Gasteiger partial charge >= 0.3 is 0 Å². The maximum absolute atomic E-state index is 14.1. The van der Waals surface area contributed by atoms with Gasteiger partial charge in [0.25, 0.3) is 5.91 Å². The predicted octanol–water partition coefficient (Wildman–Crippen LogP) is 3.66. The van der Waals surface area contributed by atoms with E-state index >= 15 is 0 Å². The number of hydrogen-bond donors (Lipinski definition) is 0. The fourth-order valence-electron chi connectivity index (χ4n) is 3.72. The number of hydrogen-bond acceptors (Lipinski definition) is 2. The molecule has 2 heterocycles. The van der Waals surface area contributed by atoms with Crippen molar-refractivity contribution in [3.63, 3.8) is 0 Å². The fourth-order valence-corrected chi connectivity index (χ4v) is 4.26. The van der Waals surface area contributed by atoms with Gasteiger partial charge in [-0.05, 0) is 73.9 Å². The van der Waals surface area contributed by atoms with Gasteiger partial charge in [-0.1, -0.05) is 0 Å². The number of benzene rings is 1. The third kappa shape index (κ3) is 3.52. The zero-order valence-corrected chi connectivity index (χ0v) is 15.4. The smallest absolute Gasteiger partial charge is 0.260 e. The van der Waals surface area contributed by atoms with Crippen molar-refractivity contribution < 1.29 is 13.6 Å². The first kappa shape index (κ1) is 17.1. The van der Waals surface area contributed by atoms with Gasteiger partial charge in [-0.25, -0.2) is 8.78 Å². The van der Waals surface area contributed by atoms with Gasteiger partial charge in [0.1, 0.15) is 17.2 Å². The van der Waals surface area contributed by atoms with Gasteiger partial charge in [-0.2, -0.15) is 0 Å². The van der Waals surface area contributed by atoms with Gasteiger partial charge in [0.05, 0.1) is 0 Å². The maximum atomic E-state index is 14.1. The molecule has 0 aliphatic carbocycles. The Bertz CT molecular complexity index is 587. The molecule has 0 N–H and O–H groups in total. The molecule has 0 unspecified atom stereocenters. The molecule has 2 saturated heterocycles. The predicted molar refractivity (Wildman–Crippen MR) is 93.4 cm³/mol. The minimum atomic E-state index is -0.764. The summed E-state index contributed by atoms with van der Waals surface area (Å²) in [5, 5.41) is 0. The van der Waals surface area contributed by atoms with Crippen LogP contribution in [0.3, 0.4) is 0 Å². The van der Waals surface area contributed by atoms with E-state index in [-0.39, 0.29) is 6.04 Å². The van der Waals surface area contributed by atoms with Crippen LogP contribution in [0, 0.1) is 15.2 Å². The molecule has 1 amide bonds. The Morgan fingerprint density at radius 1 is 1.22 bits per heavy atom. The van der Waals surface area contributed by atoms with Gasteiger partial charge in [-0.3, -0.25) is 9.69 Å². The van der Waals surface area contributed by atoms with E-state index < -0.39 is 23.1 Å². The summed E-state index contributed by atoms with van der Waals surface area (Å²) in [4.78, 5) is 16.7. The average molecular weight is 434 g/mol. The molecule has 0 radical (unpaired) electrons. The molecule has 23 heavy (non-hydrogen) atoms. The third-order valence-electron chi connectivity index (χ3n) is 4.99. The number of likely N-dealkylation sites (tertiary alicyclic amines) is 2. The van der Waals surface area contributed by atoms with Crippen molar-refractivity contribution >= 4 is 28.5 Å². The first-order valence-electron chi connectivity index (χ1n) is 8.17. The minimum absolute atomic E-state index is 0.0566. The quantitative estimate of drug-likeness (QED) is 0.679. The highest BCUT2D eigenvalue weighted by Crippen LogP contribution is 2.26. The van der Waals surface area contributed by atoms with Crippen LogP contribution >= 0.6 is 22.6 Å². The zero-order chi connectivity index (χ0) is 16.6. The van der Waals surface area contributed by atoms with Crippen LogP contribution in [0.5, 0.6) is 0 Å². The summed E-state index contributed by atoms with van der Waals surface area (Å²) in [6.45, 7) is 4.63. The molecule has 3 nitrogen and oxygen atoms in total. The van der Waals surface area contributed by atoms with Crippen molar-refractivity contribution in [3.05, 3.63) is 32.9 Å². The number of amides is 1. The molecule has 1 aromatic rings. The first-order chi connectivity index (χ1) is 11.0. The van der Waals surface area contributed by atoms with Crippen LogP contribution in [0.25, 0.3) is 0 Å². The number of carbonyl (C=O) groups is 1. The third-order valence-corrected chi connectivity index (χ3v) is 5.62. The standard InChI is InChI=1S/C17H21F2IN2O/c1-11-4-2-6-21(11)10-13-5-3-7-22(13)17(23)16-14(18)8-12(20)9-15(16)19/h8-9,11,13H,2-7,10H2,1H3/t11-,13+/m1/s1. The lowest BCUT2D eigenvalue weighted by atomic mass is 10.1. The van der Waals surface area contributed by atoms with Crippen LogP contribution in [0.2, 0.25) is 0 Å². The van der Waals surface area contributed by atoms with Crippen molar-refractivity contribution in [1.82, 2.24) is 9.80 Å². The molecule has 0 bridgehead atoms. The van der Waals surface area contributed by atoms with Crippen molar-refractivity contribution in [2.75, 3.05) is 19.6 Å². The summed E-state index contributed by atoms with van der Waals surface area (Å²) in [5.74, 6) is -2.04. The lowest BCUT2D eigenvalue weighted by molar-refractivity contribution is 0.0687. The Hall–Kier alpha value is -0.760. The van der Waals surface area contributed by atoms with Crippen LogP contribution in [-0.2, 0) is 0 Å². The number of halogens is 3. The van der Waals surface area contributed by atoms with E-state index in [0.717, 1.165) is 25.9 Å². The summed E-state index contributed by atoms with van der Waals surface area (Å²) in [5.41, 5.74) is -0.410. The average Bonchev–Trinajstić information content (AvgIpc) is 3.08. The van der Waals surface area contributed by atoms with E-state index in [1.54, 1.807) is 4.90 Å². The molecule has 2 fully saturated rings. The van der Waals surface area contributed by atoms with Crippen LogP contribution in [0.15, 0.2) is 12.1 Å². The molecule has 126 valence electrons. The summed E-state index contributed by atoms with van der Waals surface area (Å²) in [6, 6.07) is 3.01. The summed E-state index contributed by atoms with van der Waals surface area (Å²) < 4.78 is 28.7. The minimum Gasteiger partial charge on any atom is -0.334 e. The summed E-state index contributed by atoms with van der Waals surface area (Å²) in [7, 11) is 0. The molecule has 2 aliphatic rings. The summed E-state index contributed by atoms with van der Waals surface area (Å²) >= 11 is 1.85. The second-order valence-corrected chi connectivity index (χ2v) is 7.77. The van der Waals surface area contributed by atoms with Crippen molar-refractivity contribution in [3.8, 4) is 0 Å². The van der Waals surface area contributed by atoms with Crippen LogP contribution < -0.4 is 0 Å². The first-order valence-corrected chi connectivity index (χ1v) is 9.25. The van der Waals surface area contributed by atoms with E-state index in [2.05, 4.69) is 11.8 Å². The number of carbonyl (C=O) groups excluding carboxylic acids is 1. The van der Waals surface area contributed by atoms with Crippen molar-refractivity contribution in [2.24, 2.45) is 0 Å². The second-order valence-electron chi connectivity index (χ2n) is 6.53. The van der Waals surface area contributed by atoms with Crippen LogP contribution in [0.1, 0.15) is 43.0 Å². The van der Waals surface area contributed by atoms with Crippen LogP contribution in [0.4, 0.5) is 8.78 Å². The Balaban J connectivity index is 1.78. The van der Waals surface area contributed by atoms with Gasteiger partial charge in [-0.15, -0.1) is 0 Å². The lowest BCUT2D eigenvalue weighted by Gasteiger charge is -2.31. The number of rotatable bonds is 3. The largest absolute Gasteiger partial charge is 0.334 e. The second kappa shape index (κ2) is 7.01. The SMILES string of the molecule is C[C@@H]1CCCN1C[C@@H]1CCCN1C(=O)c1c(F)cc(I)cc1F. The molecule has 0 aromatic heterocycles. The molecule has 2 aliphatic heterocycles. The van der Waals surface area contributed by atoms with Crippen LogP contribution in [-0.4, -0.2) is 47.4 Å². The molecule has 3 rings (SSSR count). The van der Waals surface area contributed by atoms with E-state index in [9.17, 15) is 13.6 Å². The maximum Gasteiger partial charge on any atom is 0.260 e. The van der Waals surface area contributed by atoms with E-state index in [0.29, 0.717) is 16.2 Å². The van der Waals surface area contributed by atoms with E-state index in [1.165, 1.54) is 25.0 Å².